The van der Waals surface area contributed by atoms with E-state index in [9.17, 15) is 44.7 Å². The van der Waals surface area contributed by atoms with E-state index in [2.05, 4.69) is 37.5 Å². The Morgan fingerprint density at radius 1 is 1.09 bits per heavy atom. The van der Waals surface area contributed by atoms with Crippen molar-refractivity contribution in [3.63, 3.8) is 0 Å². The van der Waals surface area contributed by atoms with Gasteiger partial charge in [-0.05, 0) is 48.6 Å². The average Bonchev–Trinajstić information content (AvgIpc) is 3.52. The molecule has 1 unspecified atom stereocenters. The smallest absolute Gasteiger partial charge is 0.369 e. The van der Waals surface area contributed by atoms with Crippen LogP contribution in [0.1, 0.15) is 63.2 Å². The number of nitrogens with zero attached hydrogens (tertiary/aromatic N) is 7. The van der Waals surface area contributed by atoms with Crippen molar-refractivity contribution in [3.8, 4) is 11.3 Å². The molecule has 3 atom stereocenters. The molecule has 4 N–H and O–H groups in total. The summed E-state index contributed by atoms with van der Waals surface area (Å²) in [6.07, 6.45) is -6.37. The summed E-state index contributed by atoms with van der Waals surface area (Å²) in [4.78, 5) is 38.3. The van der Waals surface area contributed by atoms with Gasteiger partial charge in [0, 0.05) is 17.3 Å². The molecule has 1 aromatic heterocycles. The fourth-order valence-electron chi connectivity index (χ4n) is 6.34. The largest absolute Gasteiger partial charge is 0.400 e. The number of guanidine groups is 1. The zero-order valence-electron chi connectivity index (χ0n) is 29.6. The van der Waals surface area contributed by atoms with Crippen molar-refractivity contribution < 1.29 is 44.7 Å². The van der Waals surface area contributed by atoms with Gasteiger partial charge in [-0.25, -0.2) is 15.0 Å². The number of amides is 2. The average molecular weight is 781 g/mol. The Bertz CT molecular complexity index is 2140. The maximum atomic E-state index is 14.9. The van der Waals surface area contributed by atoms with Crippen molar-refractivity contribution >= 4 is 36.5 Å². The maximum Gasteiger partial charge on any atom is 0.400 e. The second kappa shape index (κ2) is 13.9. The number of benzene rings is 2. The van der Waals surface area contributed by atoms with Gasteiger partial charge in [0.2, 0.25) is 5.91 Å². The van der Waals surface area contributed by atoms with Crippen LogP contribution in [0.3, 0.4) is 0 Å². The molecule has 2 aromatic carbocycles. The Morgan fingerprint density at radius 3 is 2.36 bits per heavy atom. The number of halogens is 8. The highest BCUT2D eigenvalue weighted by molar-refractivity contribution is 6.07. The van der Waals surface area contributed by atoms with Crippen LogP contribution in [0.25, 0.3) is 23.7 Å². The molecule has 294 valence electrons. The van der Waals surface area contributed by atoms with Gasteiger partial charge in [-0.15, -0.1) is 0 Å². The first-order valence-electron chi connectivity index (χ1n) is 17.0. The molecule has 1 saturated carbocycles. The summed E-state index contributed by atoms with van der Waals surface area (Å²) in [6.45, 7) is 2.41. The topological polar surface area (TPSA) is 146 Å². The second-order valence-electron chi connectivity index (χ2n) is 14.2. The molecule has 3 aliphatic rings. The van der Waals surface area contributed by atoms with E-state index in [-0.39, 0.29) is 33.4 Å². The number of carbonyl (C=O) groups excluding carboxylic acids is 2. The molecule has 0 saturated heterocycles. The predicted molar refractivity (Wildman–Crippen MR) is 183 cm³/mol. The van der Waals surface area contributed by atoms with Crippen LogP contribution < -0.4 is 26.9 Å². The van der Waals surface area contributed by atoms with Crippen LogP contribution in [-0.4, -0.2) is 74.5 Å². The molecule has 3 heterocycles. The number of aliphatic imine (C=N–C) groups is 2. The molecule has 3 aromatic rings. The number of hydrogen-bond donors (Lipinski definition) is 3. The molecule has 2 amide bonds. The molecule has 55 heavy (non-hydrogen) atoms. The van der Waals surface area contributed by atoms with E-state index in [4.69, 9.17) is 5.73 Å². The lowest BCUT2D eigenvalue weighted by molar-refractivity contribution is -0.218. The quantitative estimate of drug-likeness (QED) is 0.195. The summed E-state index contributed by atoms with van der Waals surface area (Å²) in [5, 5.41) is 11.5. The number of rotatable bonds is 11. The highest BCUT2D eigenvalue weighted by Gasteiger charge is 2.59. The molecule has 0 radical (unpaired) electrons. The van der Waals surface area contributed by atoms with Gasteiger partial charge < -0.3 is 11.1 Å². The van der Waals surface area contributed by atoms with Gasteiger partial charge in [0.25, 0.3) is 5.91 Å². The molecule has 1 aliphatic carbocycles. The van der Waals surface area contributed by atoms with Gasteiger partial charge in [0.15, 0.2) is 17.3 Å². The Kier molecular flexibility index (Phi) is 9.92. The molecule has 1 fully saturated rings. The summed E-state index contributed by atoms with van der Waals surface area (Å²) in [7, 11) is 0. The first-order chi connectivity index (χ1) is 25.6. The Morgan fingerprint density at radius 2 is 1.76 bits per heavy atom. The number of hydrogen-bond acceptors (Lipinski definition) is 9. The summed E-state index contributed by atoms with van der Waals surface area (Å²) in [5.74, 6) is -5.96. The van der Waals surface area contributed by atoms with Crippen molar-refractivity contribution in [1.29, 1.82) is 0 Å². The lowest BCUT2D eigenvalue weighted by Gasteiger charge is -2.37. The van der Waals surface area contributed by atoms with Crippen LogP contribution in [-0.2, 0) is 15.1 Å². The number of carbonyl (C=O) groups is 2. The van der Waals surface area contributed by atoms with Crippen LogP contribution in [0, 0.1) is 11.3 Å². The molecule has 0 spiro atoms. The zero-order chi connectivity index (χ0) is 40.2. The molecule has 2 aliphatic heterocycles. The maximum absolute atomic E-state index is 14.9. The summed E-state index contributed by atoms with van der Waals surface area (Å²) in [6, 6.07) is 8.55. The van der Waals surface area contributed by atoms with Gasteiger partial charge in [0.05, 0.1) is 23.7 Å². The van der Waals surface area contributed by atoms with Gasteiger partial charge in [-0.3, -0.25) is 19.9 Å². The van der Waals surface area contributed by atoms with Crippen LogP contribution in [0.15, 0.2) is 58.6 Å². The highest BCUT2D eigenvalue weighted by atomic mass is 19.4. The van der Waals surface area contributed by atoms with Gasteiger partial charge in [-0.1, -0.05) is 56.8 Å². The molecular weight excluding hydrogens is 744 g/mol. The summed E-state index contributed by atoms with van der Waals surface area (Å²) < 4.78 is 112. The predicted octanol–water partition coefficient (Wildman–Crippen LogP) is 4.21. The minimum atomic E-state index is -4.94. The zero-order valence-corrected chi connectivity index (χ0v) is 29.6. The SMILES string of the molecule is C=c1ccc(C(CNC(=O)[C@H](C)C(F)(F)F)N2C(=O)[C@@](CC(C)(C)C(F)(F)F)(c3ccc(-c4cnn(C5CC5)n4)cc3)N=C2N)cc1=C1N=CNN1C(F)F. The lowest BCUT2D eigenvalue weighted by Crippen LogP contribution is -2.51. The fraction of sp³-hybridized carbons (Fsp3) is 0.429. The molecule has 0 bridgehead atoms. The monoisotopic (exact) mass is 780 g/mol. The van der Waals surface area contributed by atoms with E-state index < -0.39 is 72.6 Å². The van der Waals surface area contributed by atoms with Crippen molar-refractivity contribution in [1.82, 2.24) is 35.6 Å². The molecular formula is C35H36F8N10O2. The number of alkyl halides is 8. The number of hydrazine groups is 1. The minimum absolute atomic E-state index is 0.000124. The molecule has 6 rings (SSSR count). The van der Waals surface area contributed by atoms with E-state index in [0.717, 1.165) is 37.9 Å². The molecule has 12 nitrogen and oxygen atoms in total. The second-order valence-corrected chi connectivity index (χ2v) is 14.2. The Labute approximate surface area is 308 Å². The van der Waals surface area contributed by atoms with E-state index in [1.807, 2.05) is 0 Å². The van der Waals surface area contributed by atoms with E-state index >= 15 is 0 Å². The normalized spacial score (nSPS) is 21.2. The number of nitrogens with two attached hydrogens (primary N) is 1. The lowest BCUT2D eigenvalue weighted by atomic mass is 9.74. The number of aromatic nitrogens is 3. The van der Waals surface area contributed by atoms with Gasteiger partial charge in [-0.2, -0.15) is 50.1 Å². The van der Waals surface area contributed by atoms with Crippen LogP contribution in [0.5, 0.6) is 0 Å². The van der Waals surface area contributed by atoms with Crippen molar-refractivity contribution in [3.05, 3.63) is 70.2 Å². The summed E-state index contributed by atoms with van der Waals surface area (Å²) >= 11 is 0. The third-order valence-electron chi connectivity index (χ3n) is 9.86. The van der Waals surface area contributed by atoms with E-state index in [1.54, 1.807) is 4.80 Å². The third-order valence-corrected chi connectivity index (χ3v) is 9.86. The van der Waals surface area contributed by atoms with Crippen molar-refractivity contribution in [2.45, 2.75) is 76.6 Å². The number of nitrogens with one attached hydrogen (secondary N) is 2. The minimum Gasteiger partial charge on any atom is -0.369 e. The highest BCUT2D eigenvalue weighted by Crippen LogP contribution is 2.50. The van der Waals surface area contributed by atoms with Crippen molar-refractivity contribution in [2.75, 3.05) is 6.54 Å². The van der Waals surface area contributed by atoms with Crippen molar-refractivity contribution in [2.24, 2.45) is 27.1 Å². The van der Waals surface area contributed by atoms with Crippen LogP contribution in [0.4, 0.5) is 35.1 Å². The third kappa shape index (κ3) is 7.45. The van der Waals surface area contributed by atoms with E-state index in [1.165, 1.54) is 48.7 Å². The van der Waals surface area contributed by atoms with Crippen LogP contribution >= 0.6 is 0 Å². The van der Waals surface area contributed by atoms with Gasteiger partial charge in [0.1, 0.15) is 18.0 Å². The van der Waals surface area contributed by atoms with Gasteiger partial charge >= 0.3 is 18.9 Å². The molecule has 20 heteroatoms. The van der Waals surface area contributed by atoms with Crippen LogP contribution in [0.2, 0.25) is 0 Å². The Hall–Kier alpha value is -5.56. The first kappa shape index (κ1) is 39.1. The standard InChI is InChI=1S/C35H36F8N10O2/c1-18-5-6-21(13-24(18)27-46-17-48-52(27)30(36)37)26(15-45-28(54)19(2)34(38,39)40)51-29(55)33(49-31(51)44,16-32(3,4)35(41,42)43)22-9-7-20(8-10-22)25-14-47-53(50-25)23-11-12-23/h5-10,13-14,17,19,23,26,30H,1,11-12,15-16H2,2-4H3,(H2,44,49)(H,45,54)(H,46,48)/t19-,26?,33+/m0/s1. The first-order valence-corrected chi connectivity index (χ1v) is 17.0. The van der Waals surface area contributed by atoms with E-state index in [0.29, 0.717) is 23.2 Å². The summed E-state index contributed by atoms with van der Waals surface area (Å²) in [5.41, 5.74) is 4.83. The fourth-order valence-corrected chi connectivity index (χ4v) is 6.34. The Balaban J connectivity index is 1.46.